The Morgan fingerprint density at radius 1 is 1.12 bits per heavy atom. The van der Waals surface area contributed by atoms with E-state index in [4.69, 9.17) is 0 Å². The van der Waals surface area contributed by atoms with Crippen molar-refractivity contribution in [2.24, 2.45) is 11.8 Å². The molecule has 0 saturated carbocycles. The van der Waals surface area contributed by atoms with Crippen LogP contribution in [-0.4, -0.2) is 38.5 Å². The number of aliphatic carboxylic acids is 1. The number of carbonyl (C=O) groups is 3. The maximum atomic E-state index is 12.7. The Kier molecular flexibility index (Phi) is 4.97. The van der Waals surface area contributed by atoms with Crippen LogP contribution in [0.15, 0.2) is 36.4 Å². The summed E-state index contributed by atoms with van der Waals surface area (Å²) in [5.41, 5.74) is 0.232. The number of carboxylic acids is 1. The molecule has 4 rings (SSSR count). The van der Waals surface area contributed by atoms with Crippen LogP contribution in [0.1, 0.15) is 28.3 Å². The first-order chi connectivity index (χ1) is 15.0. The summed E-state index contributed by atoms with van der Waals surface area (Å²) < 4.78 is 0. The normalized spacial score (nSPS) is 26.6. The van der Waals surface area contributed by atoms with Gasteiger partial charge in [-0.05, 0) is 36.1 Å². The first-order valence-corrected chi connectivity index (χ1v) is 9.94. The fourth-order valence-corrected chi connectivity index (χ4v) is 4.88. The molecule has 4 unspecified atom stereocenters. The average Bonchev–Trinajstić information content (AvgIpc) is 3.23. The highest BCUT2D eigenvalue weighted by atomic mass is 16.6. The van der Waals surface area contributed by atoms with E-state index in [0.717, 1.165) is 0 Å². The first-order valence-electron chi connectivity index (χ1n) is 9.94. The Morgan fingerprint density at radius 3 is 2.25 bits per heavy atom. The maximum Gasteiger partial charge on any atom is 0.325 e. The maximum absolute atomic E-state index is 12.7. The van der Waals surface area contributed by atoms with Crippen molar-refractivity contribution in [3.8, 4) is 5.75 Å². The molecule has 0 aliphatic carbocycles. The van der Waals surface area contributed by atoms with Crippen LogP contribution in [0.25, 0.3) is 0 Å². The molecule has 2 saturated heterocycles. The molecule has 2 amide bonds. The summed E-state index contributed by atoms with van der Waals surface area (Å²) in [7, 11) is 0. The number of nitro groups is 1. The smallest absolute Gasteiger partial charge is 0.325 e. The van der Waals surface area contributed by atoms with Crippen molar-refractivity contribution < 1.29 is 29.5 Å². The van der Waals surface area contributed by atoms with E-state index in [1.807, 2.05) is 0 Å². The number of non-ortho nitro benzene ring substituents is 1. The molecule has 0 radical (unpaired) electrons. The van der Waals surface area contributed by atoms with Crippen molar-refractivity contribution in [2.75, 3.05) is 0 Å². The standard InChI is InChI=1S/C22H21N3O7/c1-10-7-13(8-11(2)18(10)26)17-15-16(20(28)23-19(15)27)22(24-17,21(29)30)9-12-3-5-14(6-4-12)25(31)32/h3-8,15-17,24,26H,9H2,1-2H3,(H,29,30)(H,23,27,28). The van der Waals surface area contributed by atoms with Crippen molar-refractivity contribution in [1.82, 2.24) is 10.6 Å². The number of carbonyl (C=O) groups excluding carboxylic acids is 2. The van der Waals surface area contributed by atoms with Crippen molar-refractivity contribution in [3.63, 3.8) is 0 Å². The predicted molar refractivity (Wildman–Crippen MR) is 111 cm³/mol. The van der Waals surface area contributed by atoms with E-state index in [0.29, 0.717) is 22.3 Å². The molecule has 2 aliphatic heterocycles. The molecular formula is C22H21N3O7. The lowest BCUT2D eigenvalue weighted by molar-refractivity contribution is -0.384. The van der Waals surface area contributed by atoms with E-state index in [1.54, 1.807) is 26.0 Å². The molecule has 0 spiro atoms. The molecule has 4 atom stereocenters. The second-order valence-corrected chi connectivity index (χ2v) is 8.36. The van der Waals surface area contributed by atoms with Crippen molar-refractivity contribution >= 4 is 23.5 Å². The molecule has 10 nitrogen and oxygen atoms in total. The minimum Gasteiger partial charge on any atom is -0.507 e. The number of hydrogen-bond acceptors (Lipinski definition) is 7. The second-order valence-electron chi connectivity index (χ2n) is 8.36. The Bertz CT molecular complexity index is 1140. The van der Waals surface area contributed by atoms with Gasteiger partial charge in [-0.15, -0.1) is 0 Å². The zero-order valence-electron chi connectivity index (χ0n) is 17.3. The quantitative estimate of drug-likeness (QED) is 0.310. The van der Waals surface area contributed by atoms with Crippen molar-refractivity contribution in [3.05, 3.63) is 68.8 Å². The molecule has 0 bridgehead atoms. The van der Waals surface area contributed by atoms with E-state index < -0.39 is 46.1 Å². The van der Waals surface area contributed by atoms with Gasteiger partial charge in [-0.3, -0.25) is 35.1 Å². The van der Waals surface area contributed by atoms with Crippen molar-refractivity contribution in [1.29, 1.82) is 0 Å². The number of rotatable bonds is 5. The lowest BCUT2D eigenvalue weighted by Gasteiger charge is -2.30. The Hall–Kier alpha value is -3.79. The topological polar surface area (TPSA) is 159 Å². The molecule has 2 fully saturated rings. The number of amides is 2. The number of nitro benzene ring substituents is 1. The van der Waals surface area contributed by atoms with Crippen LogP contribution in [-0.2, 0) is 20.8 Å². The van der Waals surface area contributed by atoms with Gasteiger partial charge in [0.15, 0.2) is 0 Å². The number of phenolic OH excluding ortho intramolecular Hbond substituents is 1. The van der Waals surface area contributed by atoms with Crippen LogP contribution in [0.3, 0.4) is 0 Å². The third kappa shape index (κ3) is 3.19. The zero-order chi connectivity index (χ0) is 23.4. The van der Waals surface area contributed by atoms with Gasteiger partial charge < -0.3 is 10.2 Å². The summed E-state index contributed by atoms with van der Waals surface area (Å²) in [4.78, 5) is 48.3. The van der Waals surface area contributed by atoms with E-state index in [-0.39, 0.29) is 17.9 Å². The number of benzene rings is 2. The molecule has 2 heterocycles. The summed E-state index contributed by atoms with van der Waals surface area (Å²) in [6, 6.07) is 7.96. The predicted octanol–water partition coefficient (Wildman–Crippen LogP) is 1.52. The first kappa shape index (κ1) is 21.4. The molecule has 0 aromatic heterocycles. The lowest BCUT2D eigenvalue weighted by Crippen LogP contribution is -2.57. The minimum absolute atomic E-state index is 0.102. The third-order valence-electron chi connectivity index (χ3n) is 6.38. The fourth-order valence-electron chi connectivity index (χ4n) is 4.88. The number of aromatic hydroxyl groups is 1. The van der Waals surface area contributed by atoms with Gasteiger partial charge in [0.25, 0.3) is 5.69 Å². The Balaban J connectivity index is 1.80. The van der Waals surface area contributed by atoms with Gasteiger partial charge in [-0.25, -0.2) is 0 Å². The van der Waals surface area contributed by atoms with Gasteiger partial charge in [0.05, 0.1) is 16.8 Å². The Morgan fingerprint density at radius 2 is 1.72 bits per heavy atom. The van der Waals surface area contributed by atoms with E-state index in [1.165, 1.54) is 24.3 Å². The van der Waals surface area contributed by atoms with Crippen LogP contribution in [0.5, 0.6) is 5.75 Å². The van der Waals surface area contributed by atoms with Gasteiger partial charge in [-0.1, -0.05) is 24.3 Å². The molecule has 2 aliphatic rings. The highest BCUT2D eigenvalue weighted by Gasteiger charge is 2.66. The zero-order valence-corrected chi connectivity index (χ0v) is 17.3. The van der Waals surface area contributed by atoms with E-state index in [2.05, 4.69) is 10.6 Å². The van der Waals surface area contributed by atoms with Crippen LogP contribution in [0.2, 0.25) is 0 Å². The summed E-state index contributed by atoms with van der Waals surface area (Å²) in [6.07, 6.45) is -0.158. The van der Waals surface area contributed by atoms with Crippen LogP contribution in [0.4, 0.5) is 5.69 Å². The lowest BCUT2D eigenvalue weighted by atomic mass is 9.76. The van der Waals surface area contributed by atoms with Crippen LogP contribution in [0, 0.1) is 35.8 Å². The fraction of sp³-hybridized carbons (Fsp3) is 0.318. The molecule has 166 valence electrons. The number of nitrogens with zero attached hydrogens (tertiary/aromatic N) is 1. The third-order valence-corrected chi connectivity index (χ3v) is 6.38. The van der Waals surface area contributed by atoms with Crippen molar-refractivity contribution in [2.45, 2.75) is 31.8 Å². The summed E-state index contributed by atoms with van der Waals surface area (Å²) >= 11 is 0. The van der Waals surface area contributed by atoms with Gasteiger partial charge in [-0.2, -0.15) is 0 Å². The van der Waals surface area contributed by atoms with Gasteiger partial charge in [0, 0.05) is 24.6 Å². The van der Waals surface area contributed by atoms with Gasteiger partial charge >= 0.3 is 5.97 Å². The second kappa shape index (κ2) is 7.41. The molecule has 2 aromatic rings. The van der Waals surface area contributed by atoms with Crippen LogP contribution >= 0.6 is 0 Å². The largest absolute Gasteiger partial charge is 0.507 e. The molecular weight excluding hydrogens is 418 g/mol. The van der Waals surface area contributed by atoms with Gasteiger partial charge in [0.1, 0.15) is 11.3 Å². The van der Waals surface area contributed by atoms with Gasteiger partial charge in [0.2, 0.25) is 11.8 Å². The number of aryl methyl sites for hydroxylation is 2. The van der Waals surface area contributed by atoms with E-state index >= 15 is 0 Å². The molecule has 2 aromatic carbocycles. The highest BCUT2D eigenvalue weighted by Crippen LogP contribution is 2.48. The summed E-state index contributed by atoms with van der Waals surface area (Å²) in [6.45, 7) is 3.39. The number of imide groups is 1. The number of nitrogens with one attached hydrogen (secondary N) is 2. The number of carboxylic acid groups (broad SMARTS) is 1. The van der Waals surface area contributed by atoms with E-state index in [9.17, 15) is 34.7 Å². The Labute approximate surface area is 182 Å². The summed E-state index contributed by atoms with van der Waals surface area (Å²) in [5.74, 6) is -4.57. The highest BCUT2D eigenvalue weighted by molar-refractivity contribution is 6.09. The SMILES string of the molecule is Cc1cc(C2NC(Cc3ccc([N+](=O)[O-])cc3)(C(=O)O)C3C(=O)NC(=O)C23)cc(C)c1O. The van der Waals surface area contributed by atoms with Crippen LogP contribution < -0.4 is 10.6 Å². The monoisotopic (exact) mass is 439 g/mol. The number of hydrogen-bond donors (Lipinski definition) is 4. The molecule has 32 heavy (non-hydrogen) atoms. The number of phenols is 1. The number of fused-ring (bicyclic) bond motifs is 1. The minimum atomic E-state index is -1.80. The molecule has 4 N–H and O–H groups in total. The average molecular weight is 439 g/mol. The summed E-state index contributed by atoms with van der Waals surface area (Å²) in [5, 5.41) is 36.6. The molecule has 10 heteroatoms.